The van der Waals surface area contributed by atoms with Gasteiger partial charge in [-0.05, 0) is 13.0 Å². The maximum absolute atomic E-state index is 12.6. The van der Waals surface area contributed by atoms with E-state index in [1.807, 2.05) is 43.3 Å². The molecule has 2 aromatic carbocycles. The molecule has 0 atom stereocenters. The fourth-order valence-electron chi connectivity index (χ4n) is 2.76. The summed E-state index contributed by atoms with van der Waals surface area (Å²) in [5, 5.41) is 10.3. The van der Waals surface area contributed by atoms with Gasteiger partial charge in [-0.15, -0.1) is 0 Å². The highest BCUT2D eigenvalue weighted by molar-refractivity contribution is 5.79. The van der Waals surface area contributed by atoms with Crippen LogP contribution in [0.4, 0.5) is 8.78 Å². The van der Waals surface area contributed by atoms with Crippen molar-refractivity contribution in [3.05, 3.63) is 71.4 Å². The second-order valence-electron chi connectivity index (χ2n) is 6.32. The Balaban J connectivity index is 1.58. The number of aryl methyl sites for hydroxylation is 1. The van der Waals surface area contributed by atoms with Crippen LogP contribution in [0.3, 0.4) is 0 Å². The molecule has 152 valence electrons. The van der Waals surface area contributed by atoms with Gasteiger partial charge in [-0.1, -0.05) is 53.2 Å². The number of hydrogen-bond acceptors (Lipinski definition) is 4. The first-order chi connectivity index (χ1) is 14.0. The minimum Gasteiger partial charge on any atom is -0.434 e. The van der Waals surface area contributed by atoms with Gasteiger partial charge >= 0.3 is 6.61 Å². The van der Waals surface area contributed by atoms with Crippen LogP contribution in [-0.4, -0.2) is 24.8 Å². The number of ether oxygens (including phenoxy) is 1. The van der Waals surface area contributed by atoms with Gasteiger partial charge < -0.3 is 19.9 Å². The lowest BCUT2D eigenvalue weighted by Crippen LogP contribution is -2.36. The second kappa shape index (κ2) is 9.68. The van der Waals surface area contributed by atoms with E-state index in [1.54, 1.807) is 19.2 Å². The van der Waals surface area contributed by atoms with Crippen LogP contribution in [0.5, 0.6) is 5.75 Å². The van der Waals surface area contributed by atoms with Crippen molar-refractivity contribution in [2.45, 2.75) is 26.6 Å². The van der Waals surface area contributed by atoms with Crippen LogP contribution in [0.2, 0.25) is 0 Å². The standard InChI is InChI=1S/C21H22F2N4O2/c1-14-8-9-18(28-20(22)23)16(10-14)12-25-21(24-2)26-13-17-11-19(29-27-17)15-6-4-3-5-7-15/h3-11,20H,12-13H2,1-2H3,(H2,24,25,26). The molecule has 0 spiro atoms. The summed E-state index contributed by atoms with van der Waals surface area (Å²) < 4.78 is 35.2. The maximum atomic E-state index is 12.6. The van der Waals surface area contributed by atoms with Gasteiger partial charge in [-0.25, -0.2) is 0 Å². The van der Waals surface area contributed by atoms with Gasteiger partial charge in [0.25, 0.3) is 0 Å². The summed E-state index contributed by atoms with van der Waals surface area (Å²) >= 11 is 0. The van der Waals surface area contributed by atoms with Crippen molar-refractivity contribution in [2.24, 2.45) is 4.99 Å². The number of alkyl halides is 2. The van der Waals surface area contributed by atoms with Crippen molar-refractivity contribution in [2.75, 3.05) is 7.05 Å². The molecule has 6 nitrogen and oxygen atoms in total. The highest BCUT2D eigenvalue weighted by Crippen LogP contribution is 2.22. The molecule has 0 saturated heterocycles. The van der Waals surface area contributed by atoms with Gasteiger partial charge in [0.05, 0.1) is 6.54 Å². The minimum absolute atomic E-state index is 0.137. The zero-order valence-corrected chi connectivity index (χ0v) is 16.2. The van der Waals surface area contributed by atoms with Crippen molar-refractivity contribution in [1.82, 2.24) is 15.8 Å². The topological polar surface area (TPSA) is 71.7 Å². The van der Waals surface area contributed by atoms with Crippen LogP contribution in [0.15, 0.2) is 64.1 Å². The van der Waals surface area contributed by atoms with Crippen molar-refractivity contribution in [3.63, 3.8) is 0 Å². The van der Waals surface area contributed by atoms with E-state index in [0.29, 0.717) is 29.5 Å². The maximum Gasteiger partial charge on any atom is 0.387 e. The van der Waals surface area contributed by atoms with E-state index in [4.69, 9.17) is 4.52 Å². The predicted molar refractivity (Wildman–Crippen MR) is 107 cm³/mol. The third-order valence-electron chi connectivity index (χ3n) is 4.16. The van der Waals surface area contributed by atoms with Gasteiger partial charge in [-0.3, -0.25) is 4.99 Å². The number of benzene rings is 2. The van der Waals surface area contributed by atoms with E-state index in [-0.39, 0.29) is 12.3 Å². The normalized spacial score (nSPS) is 11.6. The van der Waals surface area contributed by atoms with Crippen molar-refractivity contribution < 1.29 is 18.0 Å². The Morgan fingerprint density at radius 3 is 2.59 bits per heavy atom. The van der Waals surface area contributed by atoms with E-state index in [1.165, 1.54) is 6.07 Å². The molecular weight excluding hydrogens is 378 g/mol. The van der Waals surface area contributed by atoms with Gasteiger partial charge in [-0.2, -0.15) is 8.78 Å². The Bertz CT molecular complexity index is 958. The Hall–Kier alpha value is -3.42. The molecule has 1 aromatic heterocycles. The highest BCUT2D eigenvalue weighted by Gasteiger charge is 2.11. The van der Waals surface area contributed by atoms with Crippen LogP contribution in [0.25, 0.3) is 11.3 Å². The number of aromatic nitrogens is 1. The molecule has 29 heavy (non-hydrogen) atoms. The SMILES string of the molecule is CN=C(NCc1cc(-c2ccccc2)on1)NCc1cc(C)ccc1OC(F)F. The third kappa shape index (κ3) is 5.78. The molecular formula is C21H22F2N4O2. The summed E-state index contributed by atoms with van der Waals surface area (Å²) in [6.45, 7) is -0.320. The van der Waals surface area contributed by atoms with E-state index in [9.17, 15) is 8.78 Å². The average Bonchev–Trinajstić information content (AvgIpc) is 3.19. The van der Waals surface area contributed by atoms with Gasteiger partial charge in [0.1, 0.15) is 11.4 Å². The highest BCUT2D eigenvalue weighted by atomic mass is 19.3. The molecule has 0 radical (unpaired) electrons. The van der Waals surface area contributed by atoms with Crippen LogP contribution >= 0.6 is 0 Å². The van der Waals surface area contributed by atoms with Crippen LogP contribution < -0.4 is 15.4 Å². The summed E-state index contributed by atoms with van der Waals surface area (Å²) in [6.07, 6.45) is 0. The molecule has 0 aliphatic heterocycles. The predicted octanol–water partition coefficient (Wildman–Crippen LogP) is 4.12. The van der Waals surface area contributed by atoms with Crippen LogP contribution in [0, 0.1) is 6.92 Å². The molecule has 3 aromatic rings. The summed E-state index contributed by atoms with van der Waals surface area (Å²) in [4.78, 5) is 4.14. The number of nitrogens with zero attached hydrogens (tertiary/aromatic N) is 2. The van der Waals surface area contributed by atoms with Gasteiger partial charge in [0.15, 0.2) is 11.7 Å². The van der Waals surface area contributed by atoms with E-state index in [2.05, 4.69) is 25.5 Å². The molecule has 0 bridgehead atoms. The number of nitrogens with one attached hydrogen (secondary N) is 2. The summed E-state index contributed by atoms with van der Waals surface area (Å²) in [6, 6.07) is 16.6. The van der Waals surface area contributed by atoms with Crippen LogP contribution in [0.1, 0.15) is 16.8 Å². The first-order valence-electron chi connectivity index (χ1n) is 9.05. The summed E-state index contributed by atoms with van der Waals surface area (Å²) in [5.74, 6) is 1.32. The van der Waals surface area contributed by atoms with Crippen molar-refractivity contribution >= 4 is 5.96 Å². The average molecular weight is 400 g/mol. The van der Waals surface area contributed by atoms with Gasteiger partial charge in [0, 0.05) is 30.8 Å². The monoisotopic (exact) mass is 400 g/mol. The van der Waals surface area contributed by atoms with Crippen LogP contribution in [-0.2, 0) is 13.1 Å². The second-order valence-corrected chi connectivity index (χ2v) is 6.32. The molecule has 0 fully saturated rings. The molecule has 0 amide bonds. The van der Waals surface area contributed by atoms with Crippen molar-refractivity contribution in [3.8, 4) is 17.1 Å². The first-order valence-corrected chi connectivity index (χ1v) is 9.05. The van der Waals surface area contributed by atoms with E-state index < -0.39 is 6.61 Å². The van der Waals surface area contributed by atoms with E-state index in [0.717, 1.165) is 11.1 Å². The molecule has 1 heterocycles. The molecule has 8 heteroatoms. The Morgan fingerprint density at radius 2 is 1.86 bits per heavy atom. The molecule has 0 saturated carbocycles. The number of halogens is 2. The number of aliphatic imine (C=N–C) groups is 1. The number of guanidine groups is 1. The number of hydrogen-bond donors (Lipinski definition) is 2. The zero-order chi connectivity index (χ0) is 20.6. The minimum atomic E-state index is -2.88. The smallest absolute Gasteiger partial charge is 0.387 e. The molecule has 3 rings (SSSR count). The molecule has 0 aliphatic rings. The van der Waals surface area contributed by atoms with E-state index >= 15 is 0 Å². The lowest BCUT2D eigenvalue weighted by Gasteiger charge is -2.14. The lowest BCUT2D eigenvalue weighted by molar-refractivity contribution is -0.0504. The molecule has 2 N–H and O–H groups in total. The Labute approximate surface area is 167 Å². The fraction of sp³-hybridized carbons (Fsp3) is 0.238. The first kappa shape index (κ1) is 20.3. The fourth-order valence-corrected chi connectivity index (χ4v) is 2.76. The Morgan fingerprint density at radius 1 is 1.10 bits per heavy atom. The largest absolute Gasteiger partial charge is 0.434 e. The molecule has 0 unspecified atom stereocenters. The number of rotatable bonds is 7. The lowest BCUT2D eigenvalue weighted by atomic mass is 10.1. The quantitative estimate of drug-likeness (QED) is 0.461. The zero-order valence-electron chi connectivity index (χ0n) is 16.2. The summed E-state index contributed by atoms with van der Waals surface area (Å²) in [5.41, 5.74) is 3.22. The third-order valence-corrected chi connectivity index (χ3v) is 4.16. The summed E-state index contributed by atoms with van der Waals surface area (Å²) in [7, 11) is 1.63. The van der Waals surface area contributed by atoms with Gasteiger partial charge in [0.2, 0.25) is 0 Å². The Kier molecular flexibility index (Phi) is 6.78. The van der Waals surface area contributed by atoms with Crippen molar-refractivity contribution in [1.29, 1.82) is 0 Å². The molecule has 0 aliphatic carbocycles.